The Morgan fingerprint density at radius 3 is 1.87 bits per heavy atom. The number of nitrogens with zero attached hydrogens (tertiary/aromatic N) is 2. The quantitative estimate of drug-likeness (QED) is 0.672. The van der Waals surface area contributed by atoms with E-state index in [0.29, 0.717) is 5.88 Å². The van der Waals surface area contributed by atoms with Crippen LogP contribution in [0.2, 0.25) is 0 Å². The Balaban J connectivity index is 0.000000176. The Hall–Kier alpha value is -3.01. The molecule has 1 aromatic carbocycles. The zero-order valence-electron chi connectivity index (χ0n) is 13.3. The average molecular weight is 308 g/mol. The lowest BCUT2D eigenvalue weighted by Gasteiger charge is -1.92. The van der Waals surface area contributed by atoms with Crippen molar-refractivity contribution in [2.24, 2.45) is 0 Å². The van der Waals surface area contributed by atoms with Gasteiger partial charge in [-0.25, -0.2) is 4.98 Å². The number of aromatic nitrogens is 2. The maximum absolute atomic E-state index is 10.2. The van der Waals surface area contributed by atoms with Gasteiger partial charge in [0.1, 0.15) is 6.29 Å². The fraction of sp³-hybridized carbons (Fsp3) is 0.105. The van der Waals surface area contributed by atoms with Crippen LogP contribution in [0.4, 0.5) is 0 Å². The van der Waals surface area contributed by atoms with E-state index in [4.69, 9.17) is 4.74 Å². The minimum atomic E-state index is 0.660. The molecule has 0 aliphatic heterocycles. The number of hydrogen-bond donors (Lipinski definition) is 0. The fourth-order valence-electron chi connectivity index (χ4n) is 1.50. The Bertz CT molecular complexity index is 632. The van der Waals surface area contributed by atoms with Crippen molar-refractivity contribution >= 4 is 6.29 Å². The summed E-state index contributed by atoms with van der Waals surface area (Å²) >= 11 is 0. The number of pyridine rings is 2. The smallest absolute Gasteiger partial charge is 0.212 e. The van der Waals surface area contributed by atoms with Gasteiger partial charge in [-0.15, -0.1) is 0 Å². The second-order valence-corrected chi connectivity index (χ2v) is 4.37. The molecule has 23 heavy (non-hydrogen) atoms. The first-order valence-corrected chi connectivity index (χ1v) is 7.08. The molecule has 118 valence electrons. The predicted octanol–water partition coefficient (Wildman–Crippen LogP) is 3.98. The molecule has 0 bridgehead atoms. The highest BCUT2D eigenvalue weighted by Gasteiger charge is 1.90. The van der Waals surface area contributed by atoms with Crippen LogP contribution in [0.25, 0.3) is 0 Å². The lowest BCUT2D eigenvalue weighted by molar-refractivity contribution is 0.112. The molecule has 2 aromatic heterocycles. The minimum Gasteiger partial charge on any atom is -0.481 e. The highest BCUT2D eigenvalue weighted by atomic mass is 16.5. The van der Waals surface area contributed by atoms with Crippen LogP contribution in [0.15, 0.2) is 79.3 Å². The maximum atomic E-state index is 10.2. The molecule has 0 saturated heterocycles. The van der Waals surface area contributed by atoms with Crippen molar-refractivity contribution < 1.29 is 9.53 Å². The molecule has 0 amide bonds. The number of benzene rings is 1. The molecular weight excluding hydrogens is 288 g/mol. The minimum absolute atomic E-state index is 0.660. The summed E-state index contributed by atoms with van der Waals surface area (Å²) in [5.41, 5.74) is 1.81. The van der Waals surface area contributed by atoms with Crippen molar-refractivity contribution in [2.75, 3.05) is 7.11 Å². The summed E-state index contributed by atoms with van der Waals surface area (Å²) in [6, 6.07) is 18.8. The molecule has 0 spiro atoms. The number of aldehydes is 1. The summed E-state index contributed by atoms with van der Waals surface area (Å²) in [6.45, 7) is 1.92. The van der Waals surface area contributed by atoms with E-state index in [1.54, 1.807) is 31.8 Å². The van der Waals surface area contributed by atoms with Gasteiger partial charge in [-0.2, -0.15) is 0 Å². The molecule has 0 saturated carbocycles. The summed E-state index contributed by atoms with van der Waals surface area (Å²) in [5, 5.41) is 0. The van der Waals surface area contributed by atoms with Crippen LogP contribution in [0.1, 0.15) is 15.9 Å². The Morgan fingerprint density at radius 2 is 1.52 bits per heavy atom. The standard InChI is InChI=1S/C8H8O.C6H7NO.C5H5N/c1-7-4-2-3-5-8(7)6-9;1-8-6-4-2-3-5-7-6;1-2-4-6-5-3-1/h2-6H,1H3;2-5H,1H3;1-5H. The van der Waals surface area contributed by atoms with Crippen molar-refractivity contribution in [1.29, 1.82) is 0 Å². The van der Waals surface area contributed by atoms with E-state index >= 15 is 0 Å². The van der Waals surface area contributed by atoms with Crippen LogP contribution in [0.5, 0.6) is 5.88 Å². The van der Waals surface area contributed by atoms with Crippen molar-refractivity contribution in [3.63, 3.8) is 0 Å². The van der Waals surface area contributed by atoms with Gasteiger partial charge in [0.05, 0.1) is 7.11 Å². The van der Waals surface area contributed by atoms with Gasteiger partial charge in [-0.3, -0.25) is 9.78 Å². The molecule has 0 aliphatic carbocycles. The largest absolute Gasteiger partial charge is 0.481 e. The molecule has 4 nitrogen and oxygen atoms in total. The Labute approximate surface area is 136 Å². The van der Waals surface area contributed by atoms with Gasteiger partial charge in [0, 0.05) is 30.2 Å². The number of aryl methyl sites for hydroxylation is 1. The number of carbonyl (C=O) groups excluding carboxylic acids is 1. The highest BCUT2D eigenvalue weighted by Crippen LogP contribution is 2.02. The van der Waals surface area contributed by atoms with Gasteiger partial charge in [0.25, 0.3) is 0 Å². The van der Waals surface area contributed by atoms with E-state index < -0.39 is 0 Å². The Kier molecular flexibility index (Phi) is 9.12. The molecule has 0 aliphatic rings. The van der Waals surface area contributed by atoms with Crippen LogP contribution >= 0.6 is 0 Å². The monoisotopic (exact) mass is 308 g/mol. The van der Waals surface area contributed by atoms with Gasteiger partial charge in [-0.05, 0) is 30.7 Å². The molecule has 3 rings (SSSR count). The molecule has 0 atom stereocenters. The number of carbonyl (C=O) groups is 1. The summed E-state index contributed by atoms with van der Waals surface area (Å²) in [7, 11) is 1.60. The van der Waals surface area contributed by atoms with Gasteiger partial charge < -0.3 is 4.74 Å². The summed E-state index contributed by atoms with van der Waals surface area (Å²) in [4.78, 5) is 17.9. The molecule has 0 fully saturated rings. The third-order valence-electron chi connectivity index (χ3n) is 2.73. The lowest BCUT2D eigenvalue weighted by Crippen LogP contribution is -1.83. The van der Waals surface area contributed by atoms with Crippen molar-refractivity contribution in [3.05, 3.63) is 90.4 Å². The van der Waals surface area contributed by atoms with Crippen LogP contribution in [0.3, 0.4) is 0 Å². The second-order valence-electron chi connectivity index (χ2n) is 4.37. The van der Waals surface area contributed by atoms with E-state index in [2.05, 4.69) is 9.97 Å². The number of methoxy groups -OCH3 is 1. The topological polar surface area (TPSA) is 52.1 Å². The zero-order valence-corrected chi connectivity index (χ0v) is 13.3. The maximum Gasteiger partial charge on any atom is 0.212 e. The van der Waals surface area contributed by atoms with E-state index in [9.17, 15) is 4.79 Å². The highest BCUT2D eigenvalue weighted by molar-refractivity contribution is 5.76. The summed E-state index contributed by atoms with van der Waals surface area (Å²) in [6.07, 6.45) is 6.06. The fourth-order valence-corrected chi connectivity index (χ4v) is 1.50. The number of ether oxygens (including phenoxy) is 1. The van der Waals surface area contributed by atoms with Gasteiger partial charge in [0.2, 0.25) is 5.88 Å². The molecule has 4 heteroatoms. The van der Waals surface area contributed by atoms with Crippen LogP contribution in [-0.4, -0.2) is 23.4 Å². The predicted molar refractivity (Wildman–Crippen MR) is 91.6 cm³/mol. The number of rotatable bonds is 2. The van der Waals surface area contributed by atoms with Crippen LogP contribution in [-0.2, 0) is 0 Å². The summed E-state index contributed by atoms with van der Waals surface area (Å²) in [5.74, 6) is 0.660. The normalized spacial score (nSPS) is 8.61. The van der Waals surface area contributed by atoms with Gasteiger partial charge >= 0.3 is 0 Å². The second kappa shape index (κ2) is 11.6. The van der Waals surface area contributed by atoms with E-state index in [-0.39, 0.29) is 0 Å². The number of hydrogen-bond acceptors (Lipinski definition) is 4. The molecule has 0 radical (unpaired) electrons. The molecule has 0 unspecified atom stereocenters. The Morgan fingerprint density at radius 1 is 0.870 bits per heavy atom. The molecule has 3 aromatic rings. The van der Waals surface area contributed by atoms with Crippen LogP contribution < -0.4 is 4.74 Å². The van der Waals surface area contributed by atoms with Crippen molar-refractivity contribution in [1.82, 2.24) is 9.97 Å². The van der Waals surface area contributed by atoms with Crippen LogP contribution in [0, 0.1) is 6.92 Å². The summed E-state index contributed by atoms with van der Waals surface area (Å²) < 4.78 is 4.80. The van der Waals surface area contributed by atoms with E-state index in [1.165, 1.54) is 0 Å². The van der Waals surface area contributed by atoms with E-state index in [0.717, 1.165) is 17.4 Å². The first-order chi connectivity index (χ1) is 11.3. The first kappa shape index (κ1) is 18.0. The third-order valence-corrected chi connectivity index (χ3v) is 2.73. The van der Waals surface area contributed by atoms with Gasteiger partial charge in [-0.1, -0.05) is 36.4 Å². The SMILES string of the molecule is COc1ccccn1.Cc1ccccc1C=O.c1ccncc1. The molecule has 2 heterocycles. The van der Waals surface area contributed by atoms with Gasteiger partial charge in [0.15, 0.2) is 0 Å². The lowest BCUT2D eigenvalue weighted by atomic mass is 10.1. The average Bonchev–Trinajstić information content (AvgIpc) is 2.65. The molecular formula is C19H20N2O2. The van der Waals surface area contributed by atoms with E-state index in [1.807, 2.05) is 61.5 Å². The zero-order chi connectivity index (χ0) is 16.8. The molecule has 0 N–H and O–H groups in total. The third kappa shape index (κ3) is 8.12. The first-order valence-electron chi connectivity index (χ1n) is 7.08. The van der Waals surface area contributed by atoms with Crippen molar-refractivity contribution in [2.45, 2.75) is 6.92 Å². The van der Waals surface area contributed by atoms with Crippen molar-refractivity contribution in [3.8, 4) is 5.88 Å².